The Morgan fingerprint density at radius 3 is 3.04 bits per heavy atom. The SMILES string of the molecule is Cc1csc(CN2Cc3cccn3C[C@H](Oc3ncccc3F)C2)n1. The average Bonchev–Trinajstić information content (AvgIpc) is 3.15. The summed E-state index contributed by atoms with van der Waals surface area (Å²) >= 11 is 1.67. The second-order valence-corrected chi connectivity index (χ2v) is 7.18. The van der Waals surface area contributed by atoms with Crippen LogP contribution >= 0.6 is 11.3 Å². The summed E-state index contributed by atoms with van der Waals surface area (Å²) in [6.07, 6.45) is 3.41. The fourth-order valence-electron chi connectivity index (χ4n) is 3.11. The van der Waals surface area contributed by atoms with Crippen LogP contribution in [0.25, 0.3) is 0 Å². The van der Waals surface area contributed by atoms with Crippen molar-refractivity contribution in [3.63, 3.8) is 0 Å². The van der Waals surface area contributed by atoms with Crippen molar-refractivity contribution < 1.29 is 9.13 Å². The molecule has 0 saturated carbocycles. The fourth-order valence-corrected chi connectivity index (χ4v) is 3.92. The van der Waals surface area contributed by atoms with E-state index in [2.05, 4.69) is 30.9 Å². The van der Waals surface area contributed by atoms with E-state index in [0.29, 0.717) is 13.1 Å². The van der Waals surface area contributed by atoms with E-state index in [0.717, 1.165) is 23.8 Å². The van der Waals surface area contributed by atoms with Crippen LogP contribution in [0, 0.1) is 12.7 Å². The first kappa shape index (κ1) is 16.2. The number of hydrogen-bond donors (Lipinski definition) is 0. The second kappa shape index (κ2) is 6.93. The lowest BCUT2D eigenvalue weighted by molar-refractivity contribution is 0.115. The van der Waals surface area contributed by atoms with Gasteiger partial charge in [0.15, 0.2) is 5.82 Å². The summed E-state index contributed by atoms with van der Waals surface area (Å²) < 4.78 is 22.0. The van der Waals surface area contributed by atoms with E-state index in [4.69, 9.17) is 4.74 Å². The Morgan fingerprint density at radius 1 is 1.32 bits per heavy atom. The van der Waals surface area contributed by atoms with Crippen LogP contribution in [0.3, 0.4) is 0 Å². The average molecular weight is 358 g/mol. The molecule has 7 heteroatoms. The van der Waals surface area contributed by atoms with E-state index < -0.39 is 5.82 Å². The van der Waals surface area contributed by atoms with Crippen LogP contribution in [0.2, 0.25) is 0 Å². The molecule has 0 amide bonds. The molecule has 0 radical (unpaired) electrons. The van der Waals surface area contributed by atoms with Gasteiger partial charge in [0.1, 0.15) is 11.1 Å². The third-order valence-electron chi connectivity index (χ3n) is 4.20. The van der Waals surface area contributed by atoms with Crippen molar-refractivity contribution >= 4 is 11.3 Å². The first-order chi connectivity index (χ1) is 12.2. The zero-order valence-electron chi connectivity index (χ0n) is 13.9. The summed E-state index contributed by atoms with van der Waals surface area (Å²) in [4.78, 5) is 10.9. The lowest BCUT2D eigenvalue weighted by atomic mass is 10.3. The first-order valence-corrected chi connectivity index (χ1v) is 9.10. The van der Waals surface area contributed by atoms with E-state index in [1.165, 1.54) is 11.8 Å². The summed E-state index contributed by atoms with van der Waals surface area (Å²) in [6, 6.07) is 7.08. The van der Waals surface area contributed by atoms with Crippen LogP contribution in [0.15, 0.2) is 42.0 Å². The van der Waals surface area contributed by atoms with Crippen molar-refractivity contribution in [3.8, 4) is 5.88 Å². The van der Waals surface area contributed by atoms with Gasteiger partial charge in [-0.3, -0.25) is 4.90 Å². The summed E-state index contributed by atoms with van der Waals surface area (Å²) in [5.74, 6) is -0.366. The maximum atomic E-state index is 13.9. The Hall–Kier alpha value is -2.25. The summed E-state index contributed by atoms with van der Waals surface area (Å²) in [7, 11) is 0. The number of aryl methyl sites for hydroxylation is 1. The van der Waals surface area contributed by atoms with Gasteiger partial charge in [-0.1, -0.05) is 0 Å². The third kappa shape index (κ3) is 3.72. The van der Waals surface area contributed by atoms with Crippen LogP contribution < -0.4 is 4.74 Å². The molecule has 0 spiro atoms. The quantitative estimate of drug-likeness (QED) is 0.718. The molecule has 5 nitrogen and oxygen atoms in total. The monoisotopic (exact) mass is 358 g/mol. The van der Waals surface area contributed by atoms with Crippen LogP contribution in [-0.2, 0) is 19.6 Å². The number of hydrogen-bond acceptors (Lipinski definition) is 5. The molecule has 130 valence electrons. The maximum absolute atomic E-state index is 13.9. The number of fused-ring (bicyclic) bond motifs is 1. The van der Waals surface area contributed by atoms with Gasteiger partial charge < -0.3 is 9.30 Å². The minimum absolute atomic E-state index is 0.0631. The van der Waals surface area contributed by atoms with Crippen molar-refractivity contribution in [3.05, 3.63) is 64.3 Å². The zero-order chi connectivity index (χ0) is 17.2. The van der Waals surface area contributed by atoms with Gasteiger partial charge in [0.2, 0.25) is 0 Å². The molecule has 4 rings (SSSR count). The predicted molar refractivity (Wildman–Crippen MR) is 94.0 cm³/mol. The van der Waals surface area contributed by atoms with Crippen molar-refractivity contribution in [1.82, 2.24) is 19.4 Å². The second-order valence-electron chi connectivity index (χ2n) is 6.23. The number of ether oxygens (including phenoxy) is 1. The van der Waals surface area contributed by atoms with Crippen LogP contribution in [0.5, 0.6) is 5.88 Å². The number of pyridine rings is 1. The first-order valence-electron chi connectivity index (χ1n) is 8.22. The van der Waals surface area contributed by atoms with Gasteiger partial charge in [-0.15, -0.1) is 11.3 Å². The molecular formula is C18H19FN4OS. The zero-order valence-corrected chi connectivity index (χ0v) is 14.7. The Morgan fingerprint density at radius 2 is 2.24 bits per heavy atom. The summed E-state index contributed by atoms with van der Waals surface area (Å²) in [5.41, 5.74) is 2.27. The van der Waals surface area contributed by atoms with Gasteiger partial charge in [0.05, 0.1) is 13.1 Å². The highest BCUT2D eigenvalue weighted by Crippen LogP contribution is 2.21. The Labute approximate surface area is 149 Å². The highest BCUT2D eigenvalue weighted by molar-refractivity contribution is 7.09. The standard InChI is InChI=1S/C18H19FN4OS/c1-13-12-25-17(21-13)11-22-8-14-4-3-7-23(14)10-15(9-22)24-18-16(19)5-2-6-20-18/h2-7,12,15H,8-11H2,1H3/t15-/m1/s1. The van der Waals surface area contributed by atoms with Gasteiger partial charge in [-0.25, -0.2) is 14.4 Å². The van der Waals surface area contributed by atoms with E-state index in [1.54, 1.807) is 23.6 Å². The molecule has 0 aliphatic carbocycles. The molecule has 3 aromatic heterocycles. The number of aromatic nitrogens is 3. The van der Waals surface area contributed by atoms with Crippen LogP contribution in [0.1, 0.15) is 16.4 Å². The van der Waals surface area contributed by atoms with Crippen LogP contribution in [-0.4, -0.2) is 32.1 Å². The molecule has 0 fully saturated rings. The van der Waals surface area contributed by atoms with E-state index >= 15 is 0 Å². The summed E-state index contributed by atoms with van der Waals surface area (Å²) in [6.45, 7) is 4.94. The number of halogens is 1. The lowest BCUT2D eigenvalue weighted by Gasteiger charge is -2.23. The molecule has 25 heavy (non-hydrogen) atoms. The van der Waals surface area contributed by atoms with Crippen molar-refractivity contribution in [1.29, 1.82) is 0 Å². The topological polar surface area (TPSA) is 43.2 Å². The molecular weight excluding hydrogens is 339 g/mol. The van der Waals surface area contributed by atoms with E-state index in [9.17, 15) is 4.39 Å². The van der Waals surface area contributed by atoms with Gasteiger partial charge in [-0.05, 0) is 31.2 Å². The maximum Gasteiger partial charge on any atom is 0.250 e. The number of rotatable bonds is 4. The minimum atomic E-state index is -0.429. The molecule has 0 aromatic carbocycles. The van der Waals surface area contributed by atoms with E-state index in [1.807, 2.05) is 19.2 Å². The Kier molecular flexibility index (Phi) is 4.50. The van der Waals surface area contributed by atoms with Gasteiger partial charge >= 0.3 is 0 Å². The van der Waals surface area contributed by atoms with Crippen LogP contribution in [0.4, 0.5) is 4.39 Å². The number of thiazole rings is 1. The molecule has 4 heterocycles. The van der Waals surface area contributed by atoms with Crippen molar-refractivity contribution in [2.24, 2.45) is 0 Å². The minimum Gasteiger partial charge on any atom is -0.469 e. The normalized spacial score (nSPS) is 17.9. The van der Waals surface area contributed by atoms with Gasteiger partial charge in [0.25, 0.3) is 5.88 Å². The summed E-state index contributed by atoms with van der Waals surface area (Å²) in [5, 5.41) is 3.15. The smallest absolute Gasteiger partial charge is 0.250 e. The van der Waals surface area contributed by atoms with Gasteiger partial charge in [-0.2, -0.15) is 0 Å². The third-order valence-corrected chi connectivity index (χ3v) is 5.15. The molecule has 1 aliphatic rings. The number of nitrogens with zero attached hydrogens (tertiary/aromatic N) is 4. The fraction of sp³-hybridized carbons (Fsp3) is 0.333. The van der Waals surface area contributed by atoms with E-state index in [-0.39, 0.29) is 12.0 Å². The molecule has 1 aliphatic heterocycles. The van der Waals surface area contributed by atoms with Gasteiger partial charge in [0, 0.05) is 42.3 Å². The Balaban J connectivity index is 1.55. The highest BCUT2D eigenvalue weighted by atomic mass is 32.1. The molecule has 0 N–H and O–H groups in total. The molecule has 0 saturated heterocycles. The highest BCUT2D eigenvalue weighted by Gasteiger charge is 2.24. The predicted octanol–water partition coefficient (Wildman–Crippen LogP) is 3.25. The Bertz CT molecular complexity index is 862. The van der Waals surface area contributed by atoms with Crippen molar-refractivity contribution in [2.75, 3.05) is 6.54 Å². The largest absolute Gasteiger partial charge is 0.469 e. The molecule has 0 bridgehead atoms. The molecule has 3 aromatic rings. The molecule has 0 unspecified atom stereocenters. The lowest BCUT2D eigenvalue weighted by Crippen LogP contribution is -2.35. The molecule has 1 atom stereocenters. The van der Waals surface area contributed by atoms with Crippen molar-refractivity contribution in [2.45, 2.75) is 32.7 Å².